The number of rotatable bonds is 1. The lowest BCUT2D eigenvalue weighted by Gasteiger charge is -1.96. The zero-order valence-electron chi connectivity index (χ0n) is 5.73. The van der Waals surface area contributed by atoms with Crippen molar-refractivity contribution in [2.45, 2.75) is 6.54 Å². The van der Waals surface area contributed by atoms with Crippen molar-refractivity contribution < 1.29 is 0 Å². The number of anilines is 1. The highest BCUT2D eigenvalue weighted by atomic mass is 35.5. The van der Waals surface area contributed by atoms with Crippen LogP contribution in [-0.2, 0) is 6.54 Å². The smallest absolute Gasteiger partial charge is 0.131 e. The third kappa shape index (κ3) is 3.36. The van der Waals surface area contributed by atoms with Crippen molar-refractivity contribution in [3.8, 4) is 0 Å². The molecular formula is C5H10Cl2N4. The highest BCUT2D eigenvalue weighted by molar-refractivity contribution is 5.85. The van der Waals surface area contributed by atoms with Gasteiger partial charge in [-0.25, -0.2) is 9.97 Å². The SMILES string of the molecule is Cl.Cl.NCc1cncnc1N. The molecule has 0 aliphatic carbocycles. The number of nitrogens with zero attached hydrogens (tertiary/aromatic N) is 2. The number of halogens is 2. The van der Waals surface area contributed by atoms with Crippen LogP contribution in [0, 0.1) is 0 Å². The monoisotopic (exact) mass is 196 g/mol. The van der Waals surface area contributed by atoms with E-state index in [-0.39, 0.29) is 24.8 Å². The van der Waals surface area contributed by atoms with Crippen molar-refractivity contribution in [1.82, 2.24) is 9.97 Å². The standard InChI is InChI=1S/C5H8N4.2ClH/c6-1-4-2-8-3-9-5(4)7;;/h2-3H,1,6H2,(H2,7,8,9);2*1H. The number of nitrogen functional groups attached to an aromatic ring is 1. The van der Waals surface area contributed by atoms with E-state index in [1.54, 1.807) is 6.20 Å². The van der Waals surface area contributed by atoms with E-state index in [1.165, 1.54) is 6.33 Å². The molecule has 0 aliphatic heterocycles. The number of hydrogen-bond donors (Lipinski definition) is 2. The van der Waals surface area contributed by atoms with Crippen LogP contribution >= 0.6 is 24.8 Å². The molecule has 0 fully saturated rings. The molecule has 0 unspecified atom stereocenters. The van der Waals surface area contributed by atoms with Crippen molar-refractivity contribution in [3.05, 3.63) is 18.1 Å². The summed E-state index contributed by atoms with van der Waals surface area (Å²) < 4.78 is 0. The minimum absolute atomic E-state index is 0. The summed E-state index contributed by atoms with van der Waals surface area (Å²) in [6, 6.07) is 0. The zero-order chi connectivity index (χ0) is 6.69. The Kier molecular flexibility index (Phi) is 7.29. The van der Waals surface area contributed by atoms with Gasteiger partial charge in [0.25, 0.3) is 0 Å². The van der Waals surface area contributed by atoms with E-state index in [1.807, 2.05) is 0 Å². The maximum atomic E-state index is 5.40. The topological polar surface area (TPSA) is 77.8 Å². The van der Waals surface area contributed by atoms with Gasteiger partial charge < -0.3 is 11.5 Å². The van der Waals surface area contributed by atoms with E-state index in [9.17, 15) is 0 Å². The summed E-state index contributed by atoms with van der Waals surface area (Å²) in [4.78, 5) is 7.48. The Morgan fingerprint density at radius 1 is 1.36 bits per heavy atom. The van der Waals surface area contributed by atoms with Crippen molar-refractivity contribution in [2.75, 3.05) is 5.73 Å². The fourth-order valence-electron chi connectivity index (χ4n) is 0.525. The second-order valence-electron chi connectivity index (χ2n) is 1.64. The van der Waals surface area contributed by atoms with Gasteiger partial charge in [-0.15, -0.1) is 24.8 Å². The van der Waals surface area contributed by atoms with Gasteiger partial charge >= 0.3 is 0 Å². The summed E-state index contributed by atoms with van der Waals surface area (Å²) in [5.74, 6) is 0.465. The molecule has 6 heteroatoms. The molecule has 0 bridgehead atoms. The van der Waals surface area contributed by atoms with Crippen LogP contribution in [0.5, 0.6) is 0 Å². The predicted octanol–water partition coefficient (Wildman–Crippen LogP) is 0.361. The average Bonchev–Trinajstić information content (AvgIpc) is 1.89. The zero-order valence-corrected chi connectivity index (χ0v) is 7.36. The van der Waals surface area contributed by atoms with E-state index in [2.05, 4.69) is 9.97 Å². The Labute approximate surface area is 77.2 Å². The predicted molar refractivity (Wildman–Crippen MR) is 48.8 cm³/mol. The Hall–Kier alpha value is -0.580. The third-order valence-electron chi connectivity index (χ3n) is 1.04. The van der Waals surface area contributed by atoms with Crippen molar-refractivity contribution >= 4 is 30.6 Å². The van der Waals surface area contributed by atoms with Crippen molar-refractivity contribution in [2.24, 2.45) is 5.73 Å². The minimum Gasteiger partial charge on any atom is -0.383 e. The van der Waals surface area contributed by atoms with Crippen LogP contribution < -0.4 is 11.5 Å². The quantitative estimate of drug-likeness (QED) is 0.681. The maximum absolute atomic E-state index is 5.40. The summed E-state index contributed by atoms with van der Waals surface area (Å²) in [5, 5.41) is 0. The van der Waals surface area contributed by atoms with Crippen LogP contribution in [0.25, 0.3) is 0 Å². The van der Waals surface area contributed by atoms with Gasteiger partial charge in [0.2, 0.25) is 0 Å². The van der Waals surface area contributed by atoms with Gasteiger partial charge in [-0.1, -0.05) is 0 Å². The summed E-state index contributed by atoms with van der Waals surface area (Å²) in [6.45, 7) is 0.396. The van der Waals surface area contributed by atoms with E-state index in [4.69, 9.17) is 11.5 Å². The van der Waals surface area contributed by atoms with E-state index < -0.39 is 0 Å². The van der Waals surface area contributed by atoms with Gasteiger partial charge in [-0.2, -0.15) is 0 Å². The van der Waals surface area contributed by atoms with Crippen LogP contribution in [0.4, 0.5) is 5.82 Å². The second kappa shape index (κ2) is 6.15. The van der Waals surface area contributed by atoms with Crippen LogP contribution in [0.1, 0.15) is 5.56 Å². The number of hydrogen-bond acceptors (Lipinski definition) is 4. The molecule has 1 aromatic rings. The van der Waals surface area contributed by atoms with Crippen LogP contribution in [0.15, 0.2) is 12.5 Å². The van der Waals surface area contributed by atoms with E-state index >= 15 is 0 Å². The van der Waals surface area contributed by atoms with Crippen molar-refractivity contribution in [3.63, 3.8) is 0 Å². The molecule has 0 spiro atoms. The van der Waals surface area contributed by atoms with Gasteiger partial charge in [0, 0.05) is 18.3 Å². The molecule has 11 heavy (non-hydrogen) atoms. The first kappa shape index (κ1) is 13.0. The largest absolute Gasteiger partial charge is 0.383 e. The highest BCUT2D eigenvalue weighted by Crippen LogP contribution is 2.01. The molecule has 0 atom stereocenters. The molecular weight excluding hydrogens is 187 g/mol. The molecule has 1 rings (SSSR count). The molecule has 0 radical (unpaired) electrons. The summed E-state index contributed by atoms with van der Waals surface area (Å²) in [6.07, 6.45) is 3.01. The van der Waals surface area contributed by atoms with Gasteiger partial charge in [-0.3, -0.25) is 0 Å². The van der Waals surface area contributed by atoms with Crippen LogP contribution in [-0.4, -0.2) is 9.97 Å². The average molecular weight is 197 g/mol. The lowest BCUT2D eigenvalue weighted by molar-refractivity contribution is 1.02. The Morgan fingerprint density at radius 2 is 2.00 bits per heavy atom. The molecule has 4 nitrogen and oxygen atoms in total. The molecule has 1 aromatic heterocycles. The van der Waals surface area contributed by atoms with Gasteiger partial charge in [0.1, 0.15) is 12.1 Å². The molecule has 1 heterocycles. The first-order chi connectivity index (χ1) is 4.34. The highest BCUT2D eigenvalue weighted by Gasteiger charge is 1.93. The molecule has 64 valence electrons. The van der Waals surface area contributed by atoms with Gasteiger partial charge in [0.05, 0.1) is 0 Å². The maximum Gasteiger partial charge on any atom is 0.131 e. The molecule has 0 aromatic carbocycles. The minimum atomic E-state index is 0. The van der Waals surface area contributed by atoms with E-state index in [0.717, 1.165) is 5.56 Å². The van der Waals surface area contributed by atoms with Crippen LogP contribution in [0.2, 0.25) is 0 Å². The number of nitrogens with two attached hydrogens (primary N) is 2. The molecule has 0 amide bonds. The first-order valence-corrected chi connectivity index (χ1v) is 2.59. The number of aromatic nitrogens is 2. The molecule has 0 saturated carbocycles. The van der Waals surface area contributed by atoms with E-state index in [0.29, 0.717) is 12.4 Å². The molecule has 0 aliphatic rings. The Balaban J connectivity index is 0. The first-order valence-electron chi connectivity index (χ1n) is 2.59. The van der Waals surface area contributed by atoms with Crippen LogP contribution in [0.3, 0.4) is 0 Å². The fourth-order valence-corrected chi connectivity index (χ4v) is 0.525. The molecule has 4 N–H and O–H groups in total. The summed E-state index contributed by atoms with van der Waals surface area (Å²) >= 11 is 0. The normalized spacial score (nSPS) is 7.73. The fraction of sp³-hybridized carbons (Fsp3) is 0.200. The van der Waals surface area contributed by atoms with Gasteiger partial charge in [-0.05, 0) is 0 Å². The second-order valence-corrected chi connectivity index (χ2v) is 1.64. The van der Waals surface area contributed by atoms with Crippen molar-refractivity contribution in [1.29, 1.82) is 0 Å². The summed E-state index contributed by atoms with van der Waals surface area (Å²) in [5.41, 5.74) is 11.5. The Bertz CT molecular complexity index is 205. The Morgan fingerprint density at radius 3 is 2.36 bits per heavy atom. The lowest BCUT2D eigenvalue weighted by Crippen LogP contribution is -2.03. The summed E-state index contributed by atoms with van der Waals surface area (Å²) in [7, 11) is 0. The van der Waals surface area contributed by atoms with Gasteiger partial charge in [0.15, 0.2) is 0 Å². The lowest BCUT2D eigenvalue weighted by atomic mass is 10.3. The molecule has 0 saturated heterocycles. The third-order valence-corrected chi connectivity index (χ3v) is 1.04.